The number of H-pyrrole nitrogens is 1. The third-order valence-corrected chi connectivity index (χ3v) is 3.09. The number of benzene rings is 1. The largest absolute Gasteiger partial charge is 0.493 e. The van der Waals surface area contributed by atoms with Gasteiger partial charge in [-0.2, -0.15) is 0 Å². The Morgan fingerprint density at radius 1 is 1.26 bits per heavy atom. The zero-order valence-electron chi connectivity index (χ0n) is 10.7. The van der Waals surface area contributed by atoms with Crippen molar-refractivity contribution >= 4 is 21.9 Å². The van der Waals surface area contributed by atoms with Gasteiger partial charge in [-0.15, -0.1) is 0 Å². The average Bonchev–Trinajstić information content (AvgIpc) is 2.75. The van der Waals surface area contributed by atoms with E-state index >= 15 is 0 Å². The van der Waals surface area contributed by atoms with Crippen LogP contribution in [-0.2, 0) is 0 Å². The van der Waals surface area contributed by atoms with Gasteiger partial charge in [-0.3, -0.25) is 9.37 Å². The van der Waals surface area contributed by atoms with Gasteiger partial charge in [0.05, 0.1) is 29.8 Å². The maximum atomic E-state index is 12.0. The second kappa shape index (κ2) is 4.88. The highest BCUT2D eigenvalue weighted by atomic mass is 19.1. The highest BCUT2D eigenvalue weighted by Gasteiger charge is 2.06. The summed E-state index contributed by atoms with van der Waals surface area (Å²) in [7, 11) is 0. The molecule has 98 valence electrons. The summed E-state index contributed by atoms with van der Waals surface area (Å²) in [6.07, 6.45) is 2.28. The lowest BCUT2D eigenvalue weighted by atomic mass is 10.2. The maximum absolute atomic E-state index is 12.0. The Labute approximate surface area is 110 Å². The summed E-state index contributed by atoms with van der Waals surface area (Å²) in [5, 5.41) is 1.08. The average molecular weight is 258 g/mol. The molecule has 1 aromatic carbocycles. The van der Waals surface area contributed by atoms with E-state index in [-0.39, 0.29) is 6.67 Å². The first kappa shape index (κ1) is 12.0. The molecule has 0 saturated heterocycles. The summed E-state index contributed by atoms with van der Waals surface area (Å²) in [6.45, 7) is 2.07. The van der Waals surface area contributed by atoms with Crippen LogP contribution in [0.1, 0.15) is 12.0 Å². The van der Waals surface area contributed by atoms with E-state index in [1.165, 1.54) is 0 Å². The van der Waals surface area contributed by atoms with E-state index in [1.807, 2.05) is 31.3 Å². The molecule has 0 fully saturated rings. The van der Waals surface area contributed by atoms with Gasteiger partial charge in [0.2, 0.25) is 0 Å². The van der Waals surface area contributed by atoms with Crippen molar-refractivity contribution in [1.29, 1.82) is 0 Å². The summed E-state index contributed by atoms with van der Waals surface area (Å²) >= 11 is 0. The van der Waals surface area contributed by atoms with Gasteiger partial charge in [-0.1, -0.05) is 0 Å². The normalized spacial score (nSPS) is 11.3. The van der Waals surface area contributed by atoms with Gasteiger partial charge in [0.1, 0.15) is 5.75 Å². The van der Waals surface area contributed by atoms with Crippen molar-refractivity contribution in [3.63, 3.8) is 0 Å². The number of ether oxygens (including phenoxy) is 1. The molecule has 1 N–H and O–H groups in total. The predicted molar refractivity (Wildman–Crippen MR) is 74.4 cm³/mol. The summed E-state index contributed by atoms with van der Waals surface area (Å²) in [5.41, 5.74) is 4.11. The van der Waals surface area contributed by atoms with Crippen molar-refractivity contribution in [2.24, 2.45) is 0 Å². The van der Waals surface area contributed by atoms with Crippen LogP contribution in [0, 0.1) is 6.92 Å². The summed E-state index contributed by atoms with van der Waals surface area (Å²) in [5.74, 6) is 0.754. The lowest BCUT2D eigenvalue weighted by Crippen LogP contribution is -1.97. The SMILES string of the molecule is Cc1cnc2c(c1)[nH]c1cc(OCCCF)ccc12. The van der Waals surface area contributed by atoms with Crippen molar-refractivity contribution < 1.29 is 9.13 Å². The molecule has 0 amide bonds. The van der Waals surface area contributed by atoms with Crippen molar-refractivity contribution in [1.82, 2.24) is 9.97 Å². The standard InChI is InChI=1S/C15H15FN2O/c1-10-7-14-15(17-9-10)12-4-3-11(8-13(12)18-14)19-6-2-5-16/h3-4,7-9,18H,2,5-6H2,1H3. The number of hydrogen-bond acceptors (Lipinski definition) is 2. The Kier molecular flexibility index (Phi) is 3.07. The lowest BCUT2D eigenvalue weighted by molar-refractivity contribution is 0.290. The van der Waals surface area contributed by atoms with Crippen molar-refractivity contribution in [2.45, 2.75) is 13.3 Å². The number of aromatic nitrogens is 2. The molecule has 0 unspecified atom stereocenters. The molecule has 3 rings (SSSR count). The predicted octanol–water partition coefficient (Wildman–Crippen LogP) is 3.76. The maximum Gasteiger partial charge on any atom is 0.121 e. The number of pyridine rings is 1. The molecule has 2 aromatic heterocycles. The number of nitrogens with zero attached hydrogens (tertiary/aromatic N) is 1. The lowest BCUT2D eigenvalue weighted by Gasteiger charge is -2.04. The summed E-state index contributed by atoms with van der Waals surface area (Å²) in [4.78, 5) is 7.79. The van der Waals surface area contributed by atoms with E-state index < -0.39 is 0 Å². The number of aryl methyl sites for hydroxylation is 1. The zero-order valence-corrected chi connectivity index (χ0v) is 10.7. The van der Waals surface area contributed by atoms with Gasteiger partial charge in [-0.25, -0.2) is 0 Å². The minimum Gasteiger partial charge on any atom is -0.493 e. The van der Waals surface area contributed by atoms with Crippen LogP contribution in [0.4, 0.5) is 4.39 Å². The van der Waals surface area contributed by atoms with Crippen LogP contribution in [0.25, 0.3) is 21.9 Å². The van der Waals surface area contributed by atoms with Crippen molar-refractivity contribution in [2.75, 3.05) is 13.3 Å². The molecule has 0 aliphatic rings. The third kappa shape index (κ3) is 2.26. The van der Waals surface area contributed by atoms with Gasteiger partial charge in [0, 0.05) is 24.1 Å². The first-order valence-electron chi connectivity index (χ1n) is 6.35. The van der Waals surface area contributed by atoms with E-state index in [0.29, 0.717) is 13.0 Å². The Morgan fingerprint density at radius 3 is 3.00 bits per heavy atom. The minimum atomic E-state index is -0.349. The molecule has 0 saturated carbocycles. The fourth-order valence-electron chi connectivity index (χ4n) is 2.19. The van der Waals surface area contributed by atoms with Gasteiger partial charge in [0.15, 0.2) is 0 Å². The molecule has 0 bridgehead atoms. The number of aromatic amines is 1. The van der Waals surface area contributed by atoms with Crippen LogP contribution in [0.2, 0.25) is 0 Å². The van der Waals surface area contributed by atoms with Gasteiger partial charge < -0.3 is 9.72 Å². The van der Waals surface area contributed by atoms with Crippen LogP contribution in [0.5, 0.6) is 5.75 Å². The number of hydrogen-bond donors (Lipinski definition) is 1. The molecule has 0 spiro atoms. The fourth-order valence-corrected chi connectivity index (χ4v) is 2.19. The van der Waals surface area contributed by atoms with Crippen LogP contribution in [0.3, 0.4) is 0 Å². The Morgan fingerprint density at radius 2 is 2.16 bits per heavy atom. The van der Waals surface area contributed by atoms with Crippen LogP contribution < -0.4 is 4.74 Å². The molecule has 19 heavy (non-hydrogen) atoms. The molecular weight excluding hydrogens is 243 g/mol. The second-order valence-electron chi connectivity index (χ2n) is 4.63. The molecule has 0 aliphatic heterocycles. The Bertz CT molecular complexity index is 721. The number of alkyl halides is 1. The zero-order chi connectivity index (χ0) is 13.2. The molecule has 3 aromatic rings. The van der Waals surface area contributed by atoms with Gasteiger partial charge in [0.25, 0.3) is 0 Å². The van der Waals surface area contributed by atoms with Crippen LogP contribution in [0.15, 0.2) is 30.5 Å². The summed E-state index contributed by atoms with van der Waals surface area (Å²) in [6, 6.07) is 7.90. The van der Waals surface area contributed by atoms with E-state index in [2.05, 4.69) is 16.0 Å². The molecule has 3 nitrogen and oxygen atoms in total. The smallest absolute Gasteiger partial charge is 0.121 e. The topological polar surface area (TPSA) is 37.9 Å². The number of fused-ring (bicyclic) bond motifs is 3. The van der Waals surface area contributed by atoms with E-state index in [4.69, 9.17) is 4.74 Å². The molecule has 2 heterocycles. The number of nitrogens with one attached hydrogen (secondary N) is 1. The molecule has 0 aliphatic carbocycles. The van der Waals surface area contributed by atoms with E-state index in [0.717, 1.165) is 33.2 Å². The molecule has 0 radical (unpaired) electrons. The third-order valence-electron chi connectivity index (χ3n) is 3.09. The Hall–Kier alpha value is -2.10. The van der Waals surface area contributed by atoms with Crippen LogP contribution >= 0.6 is 0 Å². The van der Waals surface area contributed by atoms with Gasteiger partial charge >= 0.3 is 0 Å². The molecule has 0 atom stereocenters. The first-order chi connectivity index (χ1) is 9.28. The quantitative estimate of drug-likeness (QED) is 0.723. The van der Waals surface area contributed by atoms with Crippen molar-refractivity contribution in [3.8, 4) is 5.75 Å². The highest BCUT2D eigenvalue weighted by molar-refractivity contribution is 6.05. The first-order valence-corrected chi connectivity index (χ1v) is 6.35. The van der Waals surface area contributed by atoms with E-state index in [1.54, 1.807) is 0 Å². The number of rotatable bonds is 4. The highest BCUT2D eigenvalue weighted by Crippen LogP contribution is 2.27. The number of halogens is 1. The van der Waals surface area contributed by atoms with Gasteiger partial charge in [-0.05, 0) is 30.7 Å². The Balaban J connectivity index is 2.01. The monoisotopic (exact) mass is 258 g/mol. The molecule has 4 heteroatoms. The van der Waals surface area contributed by atoms with Crippen LogP contribution in [-0.4, -0.2) is 23.2 Å². The second-order valence-corrected chi connectivity index (χ2v) is 4.63. The van der Waals surface area contributed by atoms with E-state index in [9.17, 15) is 4.39 Å². The van der Waals surface area contributed by atoms with Crippen molar-refractivity contribution in [3.05, 3.63) is 36.0 Å². The summed E-state index contributed by atoms with van der Waals surface area (Å²) < 4.78 is 17.5. The fraction of sp³-hybridized carbons (Fsp3) is 0.267. The minimum absolute atomic E-state index is 0.349. The molecular formula is C15H15FN2O.